The molecular weight excluding hydrogens is 304 g/mol. The number of methoxy groups -OCH3 is 1. The van der Waals surface area contributed by atoms with Gasteiger partial charge in [0.1, 0.15) is 0 Å². The van der Waals surface area contributed by atoms with Crippen LogP contribution in [0.1, 0.15) is 28.8 Å². The zero-order valence-electron chi connectivity index (χ0n) is 12.9. The van der Waals surface area contributed by atoms with Gasteiger partial charge in [0.25, 0.3) is 0 Å². The van der Waals surface area contributed by atoms with Crippen molar-refractivity contribution in [2.24, 2.45) is 11.7 Å². The second-order valence-electron chi connectivity index (χ2n) is 5.56. The van der Waals surface area contributed by atoms with E-state index in [-0.39, 0.29) is 10.5 Å². The quantitative estimate of drug-likeness (QED) is 0.838. The summed E-state index contributed by atoms with van der Waals surface area (Å²) in [5.74, 6) is -0.160. The predicted octanol–water partition coefficient (Wildman–Crippen LogP) is 1.14. The van der Waals surface area contributed by atoms with E-state index in [0.29, 0.717) is 31.1 Å². The monoisotopic (exact) mass is 326 g/mol. The van der Waals surface area contributed by atoms with Crippen molar-refractivity contribution in [3.63, 3.8) is 0 Å². The number of carbonyl (C=O) groups excluding carboxylic acids is 1. The fourth-order valence-corrected chi connectivity index (χ4v) is 4.37. The maximum Gasteiger partial charge on any atom is 0.337 e. The van der Waals surface area contributed by atoms with Crippen LogP contribution < -0.4 is 5.73 Å². The number of nitrogens with zero attached hydrogens (tertiary/aromatic N) is 1. The molecule has 1 heterocycles. The Balaban J connectivity index is 2.31. The molecule has 0 amide bonds. The minimum absolute atomic E-state index is 0.168. The third kappa shape index (κ3) is 3.31. The van der Waals surface area contributed by atoms with Gasteiger partial charge in [-0.3, -0.25) is 0 Å². The second-order valence-corrected chi connectivity index (χ2v) is 7.46. The number of sulfonamides is 1. The molecule has 1 aliphatic heterocycles. The fraction of sp³-hybridized carbons (Fsp3) is 0.533. The second kappa shape index (κ2) is 6.76. The zero-order valence-corrected chi connectivity index (χ0v) is 13.7. The highest BCUT2D eigenvalue weighted by Gasteiger charge is 2.30. The van der Waals surface area contributed by atoms with Gasteiger partial charge in [-0.2, -0.15) is 4.31 Å². The molecule has 22 heavy (non-hydrogen) atoms. The summed E-state index contributed by atoms with van der Waals surface area (Å²) in [5, 5.41) is 0. The molecule has 1 aliphatic rings. The Morgan fingerprint density at radius 2 is 2.00 bits per heavy atom. The highest BCUT2D eigenvalue weighted by Crippen LogP contribution is 2.26. The molecular formula is C15H22N2O4S. The molecule has 2 N–H and O–H groups in total. The standard InChI is InChI=1S/C15H22N2O4S/c1-11-3-4-13(15(18)21-2)9-14(11)22(19,20)17-7-5-12(10-16)6-8-17/h3-4,9,12H,5-8,10,16H2,1-2H3. The number of piperidine rings is 1. The number of hydrogen-bond acceptors (Lipinski definition) is 5. The Labute approximate surface area is 131 Å². The van der Waals surface area contributed by atoms with Crippen LogP contribution in [0.5, 0.6) is 0 Å². The Morgan fingerprint density at radius 1 is 1.36 bits per heavy atom. The van der Waals surface area contributed by atoms with Crippen molar-refractivity contribution in [3.8, 4) is 0 Å². The lowest BCUT2D eigenvalue weighted by Crippen LogP contribution is -2.40. The van der Waals surface area contributed by atoms with Gasteiger partial charge >= 0.3 is 5.97 Å². The summed E-state index contributed by atoms with van der Waals surface area (Å²) in [6, 6.07) is 4.60. The minimum atomic E-state index is -3.60. The molecule has 0 radical (unpaired) electrons. The third-order valence-electron chi connectivity index (χ3n) is 4.13. The largest absolute Gasteiger partial charge is 0.465 e. The van der Waals surface area contributed by atoms with Gasteiger partial charge in [0.2, 0.25) is 10.0 Å². The van der Waals surface area contributed by atoms with Crippen molar-refractivity contribution in [1.29, 1.82) is 0 Å². The summed E-state index contributed by atoms with van der Waals surface area (Å²) < 4.78 is 31.7. The van der Waals surface area contributed by atoms with E-state index in [1.165, 1.54) is 17.5 Å². The van der Waals surface area contributed by atoms with Gasteiger partial charge in [-0.25, -0.2) is 13.2 Å². The average molecular weight is 326 g/mol. The van der Waals surface area contributed by atoms with E-state index in [9.17, 15) is 13.2 Å². The number of aryl methyl sites for hydroxylation is 1. The first-order valence-corrected chi connectivity index (χ1v) is 8.73. The fourth-order valence-electron chi connectivity index (χ4n) is 2.65. The van der Waals surface area contributed by atoms with Gasteiger partial charge in [0.15, 0.2) is 0 Å². The Morgan fingerprint density at radius 3 is 2.55 bits per heavy atom. The number of rotatable bonds is 4. The van der Waals surface area contributed by atoms with Crippen LogP contribution in [0.4, 0.5) is 0 Å². The number of carbonyl (C=O) groups is 1. The van der Waals surface area contributed by atoms with Gasteiger partial charge in [-0.15, -0.1) is 0 Å². The lowest BCUT2D eigenvalue weighted by atomic mass is 9.99. The summed E-state index contributed by atoms with van der Waals surface area (Å²) in [6.45, 7) is 3.24. The van der Waals surface area contributed by atoms with Crippen LogP contribution in [0.2, 0.25) is 0 Å². The maximum atomic E-state index is 12.8. The Kier molecular flexibility index (Phi) is 5.20. The number of ether oxygens (including phenoxy) is 1. The first-order valence-electron chi connectivity index (χ1n) is 7.29. The normalized spacial score (nSPS) is 17.4. The van der Waals surface area contributed by atoms with E-state index in [0.717, 1.165) is 12.8 Å². The van der Waals surface area contributed by atoms with Crippen LogP contribution in [0.3, 0.4) is 0 Å². The summed E-state index contributed by atoms with van der Waals surface area (Å²) in [6.07, 6.45) is 1.54. The molecule has 0 spiro atoms. The molecule has 1 saturated heterocycles. The molecule has 1 aromatic carbocycles. The van der Waals surface area contributed by atoms with Crippen molar-refractivity contribution in [2.75, 3.05) is 26.7 Å². The lowest BCUT2D eigenvalue weighted by Gasteiger charge is -2.31. The molecule has 6 nitrogen and oxygen atoms in total. The van der Waals surface area contributed by atoms with E-state index >= 15 is 0 Å². The molecule has 0 saturated carbocycles. The average Bonchev–Trinajstić information content (AvgIpc) is 2.54. The summed E-state index contributed by atoms with van der Waals surface area (Å²) in [7, 11) is -2.33. The molecule has 0 aliphatic carbocycles. The molecule has 2 rings (SSSR count). The van der Waals surface area contributed by atoms with Crippen LogP contribution >= 0.6 is 0 Å². The summed E-state index contributed by atoms with van der Waals surface area (Å²) in [4.78, 5) is 11.8. The molecule has 7 heteroatoms. The first-order chi connectivity index (χ1) is 10.4. The van der Waals surface area contributed by atoms with E-state index in [1.807, 2.05) is 0 Å². The molecule has 122 valence electrons. The third-order valence-corrected chi connectivity index (χ3v) is 6.17. The smallest absolute Gasteiger partial charge is 0.337 e. The van der Waals surface area contributed by atoms with Crippen LogP contribution in [0.15, 0.2) is 23.1 Å². The highest BCUT2D eigenvalue weighted by atomic mass is 32.2. The maximum absolute atomic E-state index is 12.8. The van der Waals surface area contributed by atoms with Gasteiger partial charge in [0.05, 0.1) is 17.6 Å². The summed E-state index contributed by atoms with van der Waals surface area (Å²) >= 11 is 0. The van der Waals surface area contributed by atoms with Crippen LogP contribution in [0.25, 0.3) is 0 Å². The SMILES string of the molecule is COC(=O)c1ccc(C)c(S(=O)(=O)N2CCC(CN)CC2)c1. The van der Waals surface area contributed by atoms with Gasteiger partial charge in [-0.1, -0.05) is 6.07 Å². The number of nitrogens with two attached hydrogens (primary N) is 1. The van der Waals surface area contributed by atoms with E-state index in [4.69, 9.17) is 5.73 Å². The summed E-state index contributed by atoms with van der Waals surface area (Å²) in [5.41, 5.74) is 6.50. The van der Waals surface area contributed by atoms with Crippen LogP contribution in [-0.4, -0.2) is 45.4 Å². The molecule has 0 unspecified atom stereocenters. The van der Waals surface area contributed by atoms with Crippen molar-refractivity contribution < 1.29 is 17.9 Å². The minimum Gasteiger partial charge on any atom is -0.465 e. The van der Waals surface area contributed by atoms with Gasteiger partial charge in [-0.05, 0) is 49.9 Å². The van der Waals surface area contributed by atoms with Crippen molar-refractivity contribution >= 4 is 16.0 Å². The molecule has 1 aromatic rings. The molecule has 0 aromatic heterocycles. The van der Waals surface area contributed by atoms with Gasteiger partial charge < -0.3 is 10.5 Å². The number of esters is 1. The number of benzene rings is 1. The Hall–Kier alpha value is -1.44. The van der Waals surface area contributed by atoms with E-state index < -0.39 is 16.0 Å². The van der Waals surface area contributed by atoms with Crippen molar-refractivity contribution in [3.05, 3.63) is 29.3 Å². The number of hydrogen-bond donors (Lipinski definition) is 1. The molecule has 0 atom stereocenters. The van der Waals surface area contributed by atoms with Crippen LogP contribution in [0, 0.1) is 12.8 Å². The molecule has 0 bridgehead atoms. The lowest BCUT2D eigenvalue weighted by molar-refractivity contribution is 0.0600. The molecule has 1 fully saturated rings. The Bertz CT molecular complexity index is 650. The van der Waals surface area contributed by atoms with Gasteiger partial charge in [0, 0.05) is 13.1 Å². The first kappa shape index (κ1) is 16.9. The van der Waals surface area contributed by atoms with Crippen LogP contribution in [-0.2, 0) is 14.8 Å². The van der Waals surface area contributed by atoms with E-state index in [2.05, 4.69) is 4.74 Å². The highest BCUT2D eigenvalue weighted by molar-refractivity contribution is 7.89. The van der Waals surface area contributed by atoms with E-state index in [1.54, 1.807) is 19.1 Å². The zero-order chi connectivity index (χ0) is 16.3. The van der Waals surface area contributed by atoms with Crippen molar-refractivity contribution in [2.45, 2.75) is 24.7 Å². The topological polar surface area (TPSA) is 89.7 Å². The predicted molar refractivity (Wildman–Crippen MR) is 83.1 cm³/mol. The van der Waals surface area contributed by atoms with Crippen molar-refractivity contribution in [1.82, 2.24) is 4.31 Å².